The Bertz CT molecular complexity index is 418. The molecule has 0 aromatic carbocycles. The summed E-state index contributed by atoms with van der Waals surface area (Å²) < 4.78 is 10.3. The van der Waals surface area contributed by atoms with Gasteiger partial charge in [0.1, 0.15) is 5.82 Å². The van der Waals surface area contributed by atoms with Crippen molar-refractivity contribution >= 4 is 11.8 Å². The molecule has 0 spiro atoms. The summed E-state index contributed by atoms with van der Waals surface area (Å²) >= 11 is 0. The molecule has 0 radical (unpaired) electrons. The number of carbonyl (C=O) groups is 1. The molecule has 0 amide bonds. The average Bonchev–Trinajstić information content (AvgIpc) is 2.52. The van der Waals surface area contributed by atoms with Gasteiger partial charge in [0.2, 0.25) is 0 Å². The van der Waals surface area contributed by atoms with Crippen LogP contribution in [0.15, 0.2) is 12.1 Å². The van der Waals surface area contributed by atoms with Crippen LogP contribution in [0.1, 0.15) is 23.3 Å². The highest BCUT2D eigenvalue weighted by atomic mass is 16.5. The molecule has 7 nitrogen and oxygen atoms in total. The van der Waals surface area contributed by atoms with E-state index in [2.05, 4.69) is 25.6 Å². The van der Waals surface area contributed by atoms with Gasteiger partial charge in [0.25, 0.3) is 0 Å². The normalized spacial score (nSPS) is 15.8. The molecule has 20 heavy (non-hydrogen) atoms. The number of aromatic nitrogens is 2. The highest BCUT2D eigenvalue weighted by Crippen LogP contribution is 2.07. The zero-order chi connectivity index (χ0) is 14.2. The van der Waals surface area contributed by atoms with E-state index in [1.54, 1.807) is 12.1 Å². The Morgan fingerprint density at radius 2 is 2.20 bits per heavy atom. The minimum atomic E-state index is -0.488. The van der Waals surface area contributed by atoms with Crippen LogP contribution < -0.4 is 10.6 Å². The van der Waals surface area contributed by atoms with E-state index in [9.17, 15) is 4.79 Å². The van der Waals surface area contributed by atoms with Crippen molar-refractivity contribution in [1.82, 2.24) is 15.5 Å². The summed E-state index contributed by atoms with van der Waals surface area (Å²) in [6.07, 6.45) is 2.48. The molecule has 1 aromatic rings. The van der Waals surface area contributed by atoms with Crippen LogP contribution in [-0.4, -0.2) is 55.6 Å². The van der Waals surface area contributed by atoms with Crippen LogP contribution in [0, 0.1) is 0 Å². The third-order valence-electron chi connectivity index (χ3n) is 3.11. The van der Waals surface area contributed by atoms with Gasteiger partial charge in [0.15, 0.2) is 5.69 Å². The number of carbonyl (C=O) groups excluding carboxylic acids is 1. The first-order valence-corrected chi connectivity index (χ1v) is 6.78. The first-order valence-electron chi connectivity index (χ1n) is 6.78. The molecule has 1 aliphatic rings. The fourth-order valence-electron chi connectivity index (χ4n) is 2.01. The number of nitrogens with one attached hydrogen (secondary N) is 2. The minimum absolute atomic E-state index is 0.198. The molecular weight excluding hydrogens is 260 g/mol. The predicted molar refractivity (Wildman–Crippen MR) is 73.7 cm³/mol. The van der Waals surface area contributed by atoms with E-state index in [-0.39, 0.29) is 5.69 Å². The van der Waals surface area contributed by atoms with Gasteiger partial charge >= 0.3 is 5.97 Å². The third kappa shape index (κ3) is 4.43. The molecule has 1 fully saturated rings. The number of esters is 1. The van der Waals surface area contributed by atoms with Crippen molar-refractivity contribution in [2.75, 3.05) is 38.7 Å². The Labute approximate surface area is 118 Å². The summed E-state index contributed by atoms with van der Waals surface area (Å²) in [5.41, 5.74) is 0.198. The standard InChI is InChI=1S/C13H20N4O3/c1-19-13(18)11-2-3-12(17-16-11)15-8-9-20-10-4-6-14-7-5-10/h2-3,10,14H,4-9H2,1H3,(H,15,17). The van der Waals surface area contributed by atoms with Gasteiger partial charge in [0.05, 0.1) is 19.8 Å². The zero-order valence-electron chi connectivity index (χ0n) is 11.6. The van der Waals surface area contributed by atoms with Crippen molar-refractivity contribution in [3.8, 4) is 0 Å². The van der Waals surface area contributed by atoms with Gasteiger partial charge in [-0.25, -0.2) is 4.79 Å². The molecule has 1 saturated heterocycles. The Hall–Kier alpha value is -1.73. The van der Waals surface area contributed by atoms with Crippen LogP contribution in [-0.2, 0) is 9.47 Å². The summed E-state index contributed by atoms with van der Waals surface area (Å²) in [5, 5.41) is 14.1. The van der Waals surface area contributed by atoms with Gasteiger partial charge in [-0.15, -0.1) is 10.2 Å². The molecule has 110 valence electrons. The summed E-state index contributed by atoms with van der Waals surface area (Å²) in [4.78, 5) is 11.2. The second-order valence-corrected chi connectivity index (χ2v) is 4.54. The van der Waals surface area contributed by atoms with Gasteiger partial charge in [0, 0.05) is 6.54 Å². The lowest BCUT2D eigenvalue weighted by atomic mass is 10.1. The summed E-state index contributed by atoms with van der Waals surface area (Å²) in [5.74, 6) is 0.129. The molecule has 7 heteroatoms. The predicted octanol–water partition coefficient (Wildman–Crippen LogP) is 0.444. The van der Waals surface area contributed by atoms with Crippen LogP contribution in [0.25, 0.3) is 0 Å². The first-order chi connectivity index (χ1) is 9.79. The smallest absolute Gasteiger partial charge is 0.358 e. The molecule has 2 N–H and O–H groups in total. The highest BCUT2D eigenvalue weighted by Gasteiger charge is 2.12. The van der Waals surface area contributed by atoms with Crippen molar-refractivity contribution in [2.24, 2.45) is 0 Å². The van der Waals surface area contributed by atoms with E-state index in [0.29, 0.717) is 25.1 Å². The van der Waals surface area contributed by atoms with Crippen LogP contribution in [0.5, 0.6) is 0 Å². The maximum atomic E-state index is 11.2. The van der Waals surface area contributed by atoms with Crippen molar-refractivity contribution < 1.29 is 14.3 Å². The van der Waals surface area contributed by atoms with E-state index in [1.165, 1.54) is 7.11 Å². The molecule has 0 unspecified atom stereocenters. The Balaban J connectivity index is 1.67. The van der Waals surface area contributed by atoms with Crippen molar-refractivity contribution in [2.45, 2.75) is 18.9 Å². The summed E-state index contributed by atoms with van der Waals surface area (Å²) in [6.45, 7) is 3.35. The number of rotatable bonds is 6. The van der Waals surface area contributed by atoms with Crippen LogP contribution in [0.4, 0.5) is 5.82 Å². The molecule has 0 saturated carbocycles. The topological polar surface area (TPSA) is 85.4 Å². The van der Waals surface area contributed by atoms with Gasteiger partial charge in [-0.3, -0.25) is 0 Å². The van der Waals surface area contributed by atoms with E-state index >= 15 is 0 Å². The lowest BCUT2D eigenvalue weighted by Crippen LogP contribution is -2.33. The Kier molecular flexibility index (Phi) is 5.69. The third-order valence-corrected chi connectivity index (χ3v) is 3.11. The SMILES string of the molecule is COC(=O)c1ccc(NCCOC2CCNCC2)nn1. The largest absolute Gasteiger partial charge is 0.464 e. The van der Waals surface area contributed by atoms with Crippen LogP contribution >= 0.6 is 0 Å². The van der Waals surface area contributed by atoms with Crippen molar-refractivity contribution in [3.05, 3.63) is 17.8 Å². The van der Waals surface area contributed by atoms with Gasteiger partial charge in [-0.05, 0) is 38.1 Å². The Morgan fingerprint density at radius 1 is 1.40 bits per heavy atom. The summed E-state index contributed by atoms with van der Waals surface area (Å²) in [7, 11) is 1.31. The zero-order valence-corrected chi connectivity index (χ0v) is 11.6. The van der Waals surface area contributed by atoms with E-state index in [1.807, 2.05) is 0 Å². The quantitative estimate of drug-likeness (QED) is 0.578. The van der Waals surface area contributed by atoms with E-state index in [0.717, 1.165) is 25.9 Å². The lowest BCUT2D eigenvalue weighted by molar-refractivity contribution is 0.0394. The van der Waals surface area contributed by atoms with E-state index in [4.69, 9.17) is 4.74 Å². The fraction of sp³-hybridized carbons (Fsp3) is 0.615. The maximum absolute atomic E-state index is 11.2. The van der Waals surface area contributed by atoms with Gasteiger partial charge < -0.3 is 20.1 Å². The number of piperidine rings is 1. The molecule has 2 heterocycles. The first kappa shape index (κ1) is 14.7. The second kappa shape index (κ2) is 7.76. The van der Waals surface area contributed by atoms with Crippen LogP contribution in [0.2, 0.25) is 0 Å². The number of methoxy groups -OCH3 is 1. The molecule has 0 bridgehead atoms. The summed E-state index contributed by atoms with van der Waals surface area (Å²) in [6, 6.07) is 3.28. The van der Waals surface area contributed by atoms with E-state index < -0.39 is 5.97 Å². The molecule has 1 aliphatic heterocycles. The molecular formula is C13H20N4O3. The van der Waals surface area contributed by atoms with Gasteiger partial charge in [-0.2, -0.15) is 0 Å². The second-order valence-electron chi connectivity index (χ2n) is 4.54. The molecule has 0 atom stereocenters. The molecule has 1 aromatic heterocycles. The number of nitrogens with zero attached hydrogens (tertiary/aromatic N) is 2. The molecule has 2 rings (SSSR count). The van der Waals surface area contributed by atoms with Crippen molar-refractivity contribution in [1.29, 1.82) is 0 Å². The van der Waals surface area contributed by atoms with Crippen molar-refractivity contribution in [3.63, 3.8) is 0 Å². The monoisotopic (exact) mass is 280 g/mol. The number of hydrogen-bond donors (Lipinski definition) is 2. The number of anilines is 1. The fourth-order valence-corrected chi connectivity index (χ4v) is 2.01. The van der Waals surface area contributed by atoms with Gasteiger partial charge in [-0.1, -0.05) is 0 Å². The molecule has 0 aliphatic carbocycles. The highest BCUT2D eigenvalue weighted by molar-refractivity contribution is 5.86. The average molecular weight is 280 g/mol. The number of ether oxygens (including phenoxy) is 2. The maximum Gasteiger partial charge on any atom is 0.358 e. The van der Waals surface area contributed by atoms with Crippen LogP contribution in [0.3, 0.4) is 0 Å². The lowest BCUT2D eigenvalue weighted by Gasteiger charge is -2.22. The Morgan fingerprint density at radius 3 is 2.85 bits per heavy atom. The minimum Gasteiger partial charge on any atom is -0.464 e. The number of hydrogen-bond acceptors (Lipinski definition) is 7.